The van der Waals surface area contributed by atoms with E-state index in [1.807, 2.05) is 31.5 Å². The highest BCUT2D eigenvalue weighted by Crippen LogP contribution is 2.28. The summed E-state index contributed by atoms with van der Waals surface area (Å²) in [5, 5.41) is 0. The third kappa shape index (κ3) is 3.58. The number of halogens is 1. The molecule has 2 rings (SSSR count). The van der Waals surface area contributed by atoms with Crippen LogP contribution in [0.25, 0.3) is 0 Å². The summed E-state index contributed by atoms with van der Waals surface area (Å²) < 4.78 is 1.07. The first-order chi connectivity index (χ1) is 9.61. The number of pyridine rings is 1. The molecule has 0 amide bonds. The maximum absolute atomic E-state index is 5.95. The van der Waals surface area contributed by atoms with Crippen LogP contribution in [0, 0.1) is 0 Å². The molecule has 2 N–H and O–H groups in total. The second kappa shape index (κ2) is 6.86. The van der Waals surface area contributed by atoms with E-state index in [0.717, 1.165) is 23.1 Å². The fourth-order valence-electron chi connectivity index (χ4n) is 2.18. The Morgan fingerprint density at radius 3 is 2.50 bits per heavy atom. The smallest absolute Gasteiger partial charge is 0.0430 e. The van der Waals surface area contributed by atoms with Crippen LogP contribution in [-0.4, -0.2) is 11.5 Å². The molecule has 3 nitrogen and oxygen atoms in total. The maximum Gasteiger partial charge on any atom is 0.0430 e. The van der Waals surface area contributed by atoms with Crippen LogP contribution in [0.1, 0.15) is 31.0 Å². The van der Waals surface area contributed by atoms with Crippen LogP contribution >= 0.6 is 15.9 Å². The van der Waals surface area contributed by atoms with E-state index in [2.05, 4.69) is 50.9 Å². The van der Waals surface area contributed by atoms with Crippen molar-refractivity contribution < 1.29 is 0 Å². The predicted octanol–water partition coefficient (Wildman–Crippen LogP) is 3.89. The number of hydrogen-bond acceptors (Lipinski definition) is 3. The molecule has 0 radical (unpaired) electrons. The van der Waals surface area contributed by atoms with Crippen LogP contribution in [0.4, 0.5) is 5.69 Å². The molecule has 0 saturated heterocycles. The highest BCUT2D eigenvalue weighted by atomic mass is 79.9. The molecule has 1 atom stereocenters. The van der Waals surface area contributed by atoms with Crippen molar-refractivity contribution in [2.24, 2.45) is 5.73 Å². The van der Waals surface area contributed by atoms with Crippen molar-refractivity contribution >= 4 is 21.6 Å². The summed E-state index contributed by atoms with van der Waals surface area (Å²) in [5.41, 5.74) is 9.53. The van der Waals surface area contributed by atoms with E-state index >= 15 is 0 Å². The molecule has 1 aromatic heterocycles. The van der Waals surface area contributed by atoms with Gasteiger partial charge in [-0.25, -0.2) is 0 Å². The van der Waals surface area contributed by atoms with E-state index in [1.165, 1.54) is 11.3 Å². The average molecular weight is 334 g/mol. The van der Waals surface area contributed by atoms with E-state index < -0.39 is 0 Å². The fraction of sp³-hybridized carbons (Fsp3) is 0.312. The molecule has 0 aliphatic heterocycles. The van der Waals surface area contributed by atoms with Crippen LogP contribution in [0.3, 0.4) is 0 Å². The zero-order valence-electron chi connectivity index (χ0n) is 11.9. The van der Waals surface area contributed by atoms with Crippen molar-refractivity contribution in [3.63, 3.8) is 0 Å². The fourth-order valence-corrected chi connectivity index (χ4v) is 2.90. The highest BCUT2D eigenvalue weighted by Gasteiger charge is 2.10. The molecule has 20 heavy (non-hydrogen) atoms. The van der Waals surface area contributed by atoms with Gasteiger partial charge in [-0.3, -0.25) is 4.98 Å². The predicted molar refractivity (Wildman–Crippen MR) is 87.7 cm³/mol. The Bertz CT molecular complexity index is 555. The molecule has 0 spiro atoms. The normalized spacial score (nSPS) is 12.2. The van der Waals surface area contributed by atoms with Crippen LogP contribution < -0.4 is 10.6 Å². The van der Waals surface area contributed by atoms with Crippen molar-refractivity contribution in [2.45, 2.75) is 26.4 Å². The summed E-state index contributed by atoms with van der Waals surface area (Å²) in [6.07, 6.45) is 3.66. The first-order valence-electron chi connectivity index (χ1n) is 6.80. The zero-order chi connectivity index (χ0) is 14.5. The van der Waals surface area contributed by atoms with Gasteiger partial charge in [0, 0.05) is 41.7 Å². The summed E-state index contributed by atoms with van der Waals surface area (Å²) in [6, 6.07) is 10.5. The van der Waals surface area contributed by atoms with Gasteiger partial charge < -0.3 is 10.6 Å². The van der Waals surface area contributed by atoms with Gasteiger partial charge in [-0.1, -0.05) is 22.0 Å². The van der Waals surface area contributed by atoms with Crippen LogP contribution in [-0.2, 0) is 6.54 Å². The van der Waals surface area contributed by atoms with Gasteiger partial charge in [0.2, 0.25) is 0 Å². The van der Waals surface area contributed by atoms with Crippen molar-refractivity contribution in [1.29, 1.82) is 0 Å². The molecule has 1 aromatic carbocycles. The molecule has 0 aliphatic rings. The third-order valence-electron chi connectivity index (χ3n) is 3.34. The van der Waals surface area contributed by atoms with Crippen molar-refractivity contribution in [1.82, 2.24) is 4.98 Å². The molecule has 106 valence electrons. The molecule has 0 fully saturated rings. The monoisotopic (exact) mass is 333 g/mol. The topological polar surface area (TPSA) is 42.2 Å². The maximum atomic E-state index is 5.95. The van der Waals surface area contributed by atoms with E-state index in [1.54, 1.807) is 0 Å². The molecule has 0 saturated carbocycles. The summed E-state index contributed by atoms with van der Waals surface area (Å²) in [6.45, 7) is 5.98. The molecule has 0 bridgehead atoms. The largest absolute Gasteiger partial charge is 0.367 e. The summed E-state index contributed by atoms with van der Waals surface area (Å²) in [7, 11) is 0. The lowest BCUT2D eigenvalue weighted by Crippen LogP contribution is -2.22. The lowest BCUT2D eigenvalue weighted by Gasteiger charge is -2.24. The van der Waals surface area contributed by atoms with Gasteiger partial charge in [-0.05, 0) is 49.2 Å². The summed E-state index contributed by atoms with van der Waals surface area (Å²) in [4.78, 5) is 6.38. The van der Waals surface area contributed by atoms with Gasteiger partial charge in [0.25, 0.3) is 0 Å². The van der Waals surface area contributed by atoms with Crippen LogP contribution in [0.15, 0.2) is 47.2 Å². The molecular formula is C16H20BrN3. The van der Waals surface area contributed by atoms with Gasteiger partial charge >= 0.3 is 0 Å². The average Bonchev–Trinajstić information content (AvgIpc) is 2.45. The summed E-state index contributed by atoms with van der Waals surface area (Å²) >= 11 is 3.61. The van der Waals surface area contributed by atoms with Gasteiger partial charge in [0.15, 0.2) is 0 Å². The van der Waals surface area contributed by atoms with Crippen molar-refractivity contribution in [2.75, 3.05) is 11.4 Å². The Morgan fingerprint density at radius 1 is 1.25 bits per heavy atom. The number of benzene rings is 1. The second-order valence-corrected chi connectivity index (χ2v) is 5.72. The number of hydrogen-bond donors (Lipinski definition) is 1. The first-order valence-corrected chi connectivity index (χ1v) is 7.60. The van der Waals surface area contributed by atoms with E-state index in [4.69, 9.17) is 5.73 Å². The van der Waals surface area contributed by atoms with E-state index in [-0.39, 0.29) is 6.04 Å². The van der Waals surface area contributed by atoms with Gasteiger partial charge in [0.1, 0.15) is 0 Å². The van der Waals surface area contributed by atoms with Gasteiger partial charge in [-0.2, -0.15) is 0 Å². The second-order valence-electron chi connectivity index (χ2n) is 4.86. The minimum Gasteiger partial charge on any atom is -0.367 e. The molecule has 1 heterocycles. The SMILES string of the molecule is CCN(Cc1ccncc1)c1ccc(C(C)N)c(Br)c1. The van der Waals surface area contributed by atoms with E-state index in [9.17, 15) is 0 Å². The number of aromatic nitrogens is 1. The number of nitrogens with two attached hydrogens (primary N) is 1. The lowest BCUT2D eigenvalue weighted by atomic mass is 10.1. The van der Waals surface area contributed by atoms with Crippen LogP contribution in [0.2, 0.25) is 0 Å². The Morgan fingerprint density at radius 2 is 1.95 bits per heavy atom. The van der Waals surface area contributed by atoms with Crippen molar-refractivity contribution in [3.05, 3.63) is 58.3 Å². The molecule has 4 heteroatoms. The number of rotatable bonds is 5. The number of anilines is 1. The Kier molecular flexibility index (Phi) is 5.15. The Labute approximate surface area is 129 Å². The minimum absolute atomic E-state index is 0.0358. The van der Waals surface area contributed by atoms with E-state index in [0.29, 0.717) is 0 Å². The standard InChI is InChI=1S/C16H20BrN3/c1-3-20(11-13-6-8-19-9-7-13)14-4-5-15(12(2)18)16(17)10-14/h4-10,12H,3,11,18H2,1-2H3. The Hall–Kier alpha value is -1.39. The third-order valence-corrected chi connectivity index (χ3v) is 4.03. The van der Waals surface area contributed by atoms with Crippen molar-refractivity contribution in [3.8, 4) is 0 Å². The minimum atomic E-state index is 0.0358. The molecule has 0 aliphatic carbocycles. The molecule has 2 aromatic rings. The number of nitrogens with zero attached hydrogens (tertiary/aromatic N) is 2. The Balaban J connectivity index is 2.22. The molecular weight excluding hydrogens is 314 g/mol. The summed E-state index contributed by atoms with van der Waals surface area (Å²) in [5.74, 6) is 0. The zero-order valence-corrected chi connectivity index (χ0v) is 13.5. The highest BCUT2D eigenvalue weighted by molar-refractivity contribution is 9.10. The lowest BCUT2D eigenvalue weighted by molar-refractivity contribution is 0.805. The van der Waals surface area contributed by atoms with Crippen LogP contribution in [0.5, 0.6) is 0 Å². The van der Waals surface area contributed by atoms with Gasteiger partial charge in [-0.15, -0.1) is 0 Å². The van der Waals surface area contributed by atoms with Gasteiger partial charge in [0.05, 0.1) is 0 Å². The molecule has 1 unspecified atom stereocenters. The first kappa shape index (κ1) is 15.0. The quantitative estimate of drug-likeness (QED) is 0.902.